The second-order valence-electron chi connectivity index (χ2n) is 5.38. The molecule has 0 saturated heterocycles. The Bertz CT molecular complexity index is 876. The quantitative estimate of drug-likeness (QED) is 0.742. The van der Waals surface area contributed by atoms with Gasteiger partial charge in [0.1, 0.15) is 23.5 Å². The predicted octanol–water partition coefficient (Wildman–Crippen LogP) is 3.33. The zero-order chi connectivity index (χ0) is 17.1. The summed E-state index contributed by atoms with van der Waals surface area (Å²) < 4.78 is 2.74. The maximum atomic E-state index is 12.4. The van der Waals surface area contributed by atoms with E-state index in [2.05, 4.69) is 41.4 Å². The number of hydrogen-bond donors (Lipinski definition) is 1. The van der Waals surface area contributed by atoms with Crippen LogP contribution >= 0.6 is 15.9 Å². The smallest absolute Gasteiger partial charge is 0.275 e. The van der Waals surface area contributed by atoms with Gasteiger partial charge in [-0.1, -0.05) is 22.0 Å². The van der Waals surface area contributed by atoms with Gasteiger partial charge in [-0.25, -0.2) is 9.97 Å². The zero-order valence-electron chi connectivity index (χ0n) is 13.1. The highest BCUT2D eigenvalue weighted by Crippen LogP contribution is 2.19. The van der Waals surface area contributed by atoms with Gasteiger partial charge in [-0.15, -0.1) is 10.2 Å². The molecule has 7 nitrogen and oxygen atoms in total. The predicted molar refractivity (Wildman–Crippen MR) is 93.5 cm³/mol. The van der Waals surface area contributed by atoms with Crippen molar-refractivity contribution in [2.75, 3.05) is 5.32 Å². The van der Waals surface area contributed by atoms with Crippen LogP contribution in [0.25, 0.3) is 11.5 Å². The summed E-state index contributed by atoms with van der Waals surface area (Å²) in [6, 6.07) is 8.92. The van der Waals surface area contributed by atoms with Crippen LogP contribution in [0.4, 0.5) is 5.82 Å². The van der Waals surface area contributed by atoms with Crippen LogP contribution in [-0.2, 0) is 0 Å². The Morgan fingerprint density at radius 1 is 1.29 bits per heavy atom. The van der Waals surface area contributed by atoms with Gasteiger partial charge < -0.3 is 9.88 Å². The molecular formula is C16H15BrN6O. The van der Waals surface area contributed by atoms with E-state index in [1.165, 1.54) is 0 Å². The largest absolute Gasteiger partial charge is 0.310 e. The minimum absolute atomic E-state index is 0.195. The van der Waals surface area contributed by atoms with Crippen molar-refractivity contribution in [3.8, 4) is 11.5 Å². The van der Waals surface area contributed by atoms with E-state index >= 15 is 0 Å². The van der Waals surface area contributed by atoms with Crippen molar-refractivity contribution in [3.05, 3.63) is 53.0 Å². The number of halogens is 1. The summed E-state index contributed by atoms with van der Waals surface area (Å²) in [5.74, 6) is 0.741. The van der Waals surface area contributed by atoms with E-state index in [4.69, 9.17) is 0 Å². The summed E-state index contributed by atoms with van der Waals surface area (Å²) >= 11 is 3.34. The molecule has 0 fully saturated rings. The number of carbonyl (C=O) groups excluding carboxylic acids is 1. The molecule has 1 N–H and O–H groups in total. The summed E-state index contributed by atoms with van der Waals surface area (Å²) in [5.41, 5.74) is 0.878. The minimum Gasteiger partial charge on any atom is -0.310 e. The van der Waals surface area contributed by atoms with Crippen LogP contribution < -0.4 is 5.32 Å². The molecule has 8 heteroatoms. The molecule has 0 spiro atoms. The molecule has 3 aromatic heterocycles. The first-order chi connectivity index (χ1) is 11.5. The zero-order valence-corrected chi connectivity index (χ0v) is 14.7. The number of hydrogen-bond acceptors (Lipinski definition) is 5. The summed E-state index contributed by atoms with van der Waals surface area (Å²) in [7, 11) is 0. The summed E-state index contributed by atoms with van der Waals surface area (Å²) in [6.07, 6.45) is 3.26. The second kappa shape index (κ2) is 6.88. The summed E-state index contributed by atoms with van der Waals surface area (Å²) in [5, 5.41) is 10.8. The van der Waals surface area contributed by atoms with Crippen molar-refractivity contribution in [2.45, 2.75) is 19.9 Å². The molecule has 0 saturated carbocycles. The van der Waals surface area contributed by atoms with Gasteiger partial charge in [-0.3, -0.25) is 4.79 Å². The first-order valence-corrected chi connectivity index (χ1v) is 8.14. The fraction of sp³-hybridized carbons (Fsp3) is 0.188. The number of aromatic nitrogens is 5. The van der Waals surface area contributed by atoms with Gasteiger partial charge in [0.2, 0.25) is 0 Å². The van der Waals surface area contributed by atoms with E-state index in [0.29, 0.717) is 17.3 Å². The number of pyridine rings is 2. The van der Waals surface area contributed by atoms with E-state index in [-0.39, 0.29) is 17.6 Å². The molecule has 0 aromatic carbocycles. The maximum absolute atomic E-state index is 12.4. The number of nitrogens with zero attached hydrogens (tertiary/aromatic N) is 5. The minimum atomic E-state index is -0.335. The van der Waals surface area contributed by atoms with Crippen LogP contribution in [0.1, 0.15) is 30.4 Å². The molecule has 24 heavy (non-hydrogen) atoms. The lowest BCUT2D eigenvalue weighted by molar-refractivity contribution is 0.102. The Labute approximate surface area is 147 Å². The maximum Gasteiger partial charge on any atom is 0.275 e. The van der Waals surface area contributed by atoms with Crippen molar-refractivity contribution in [2.24, 2.45) is 0 Å². The van der Waals surface area contributed by atoms with Gasteiger partial charge in [0.05, 0.1) is 0 Å². The van der Waals surface area contributed by atoms with Gasteiger partial charge in [-0.05, 0) is 38.1 Å². The highest BCUT2D eigenvalue weighted by Gasteiger charge is 2.14. The number of carbonyl (C=O) groups is 1. The third kappa shape index (κ3) is 3.48. The van der Waals surface area contributed by atoms with E-state index in [1.54, 1.807) is 42.9 Å². The van der Waals surface area contributed by atoms with Crippen LogP contribution in [0, 0.1) is 0 Å². The number of amides is 1. The highest BCUT2D eigenvalue weighted by molar-refractivity contribution is 9.10. The molecular weight excluding hydrogens is 372 g/mol. The fourth-order valence-electron chi connectivity index (χ4n) is 2.14. The lowest BCUT2D eigenvalue weighted by Gasteiger charge is -2.10. The third-order valence-corrected chi connectivity index (χ3v) is 3.80. The topological polar surface area (TPSA) is 85.6 Å². The Morgan fingerprint density at radius 3 is 2.88 bits per heavy atom. The SMILES string of the molecule is CC(C)n1cnnc1-c1cccc(C(=O)Nc2cc(Br)ccn2)n1. The van der Waals surface area contributed by atoms with Crippen LogP contribution in [-0.4, -0.2) is 30.6 Å². The van der Waals surface area contributed by atoms with Gasteiger partial charge in [-0.2, -0.15) is 0 Å². The van der Waals surface area contributed by atoms with E-state index < -0.39 is 0 Å². The van der Waals surface area contributed by atoms with Crippen molar-refractivity contribution in [1.82, 2.24) is 24.7 Å². The average Bonchev–Trinajstić information content (AvgIpc) is 3.05. The summed E-state index contributed by atoms with van der Waals surface area (Å²) in [6.45, 7) is 4.06. The molecule has 0 aliphatic carbocycles. The molecule has 3 aromatic rings. The molecule has 0 radical (unpaired) electrons. The van der Waals surface area contributed by atoms with Gasteiger partial charge in [0, 0.05) is 16.7 Å². The van der Waals surface area contributed by atoms with Gasteiger partial charge in [0.25, 0.3) is 5.91 Å². The first kappa shape index (κ1) is 16.3. The van der Waals surface area contributed by atoms with Crippen molar-refractivity contribution < 1.29 is 4.79 Å². The van der Waals surface area contributed by atoms with Crippen molar-refractivity contribution in [1.29, 1.82) is 0 Å². The second-order valence-corrected chi connectivity index (χ2v) is 6.29. The van der Waals surface area contributed by atoms with Crippen LogP contribution in [0.15, 0.2) is 47.3 Å². The Hall–Kier alpha value is -2.61. The number of anilines is 1. The monoisotopic (exact) mass is 386 g/mol. The third-order valence-electron chi connectivity index (χ3n) is 3.30. The lowest BCUT2D eigenvalue weighted by atomic mass is 10.2. The van der Waals surface area contributed by atoms with Crippen LogP contribution in [0.5, 0.6) is 0 Å². The highest BCUT2D eigenvalue weighted by atomic mass is 79.9. The molecule has 0 bridgehead atoms. The van der Waals surface area contributed by atoms with Crippen molar-refractivity contribution >= 4 is 27.7 Å². The number of nitrogens with one attached hydrogen (secondary N) is 1. The molecule has 3 rings (SSSR count). The Morgan fingerprint density at radius 2 is 2.12 bits per heavy atom. The van der Waals surface area contributed by atoms with E-state index in [1.807, 2.05) is 18.4 Å². The summed E-state index contributed by atoms with van der Waals surface area (Å²) in [4.78, 5) is 20.9. The standard InChI is InChI=1S/C16H15BrN6O/c1-10(2)23-9-19-22-15(23)12-4-3-5-13(20-12)16(24)21-14-8-11(17)6-7-18-14/h3-10H,1-2H3,(H,18,21,24). The molecule has 0 aliphatic heterocycles. The van der Waals surface area contributed by atoms with Crippen molar-refractivity contribution in [3.63, 3.8) is 0 Å². The fourth-order valence-corrected chi connectivity index (χ4v) is 2.48. The van der Waals surface area contributed by atoms with Crippen LogP contribution in [0.3, 0.4) is 0 Å². The molecule has 1 amide bonds. The van der Waals surface area contributed by atoms with Crippen LogP contribution in [0.2, 0.25) is 0 Å². The normalized spacial score (nSPS) is 10.8. The number of rotatable bonds is 4. The molecule has 3 heterocycles. The van der Waals surface area contributed by atoms with E-state index in [9.17, 15) is 4.79 Å². The lowest BCUT2D eigenvalue weighted by Crippen LogP contribution is -2.15. The molecule has 122 valence electrons. The van der Waals surface area contributed by atoms with Gasteiger partial charge in [0.15, 0.2) is 5.82 Å². The molecule has 0 unspecified atom stereocenters. The molecule has 0 atom stereocenters. The first-order valence-electron chi connectivity index (χ1n) is 7.34. The Kier molecular flexibility index (Phi) is 4.66. The van der Waals surface area contributed by atoms with Gasteiger partial charge >= 0.3 is 0 Å². The Balaban J connectivity index is 1.87. The van der Waals surface area contributed by atoms with E-state index in [0.717, 1.165) is 4.47 Å². The molecule has 0 aliphatic rings. The average molecular weight is 387 g/mol.